The van der Waals surface area contributed by atoms with E-state index >= 15 is 0 Å². The highest BCUT2D eigenvalue weighted by molar-refractivity contribution is 6.32. The van der Waals surface area contributed by atoms with Gasteiger partial charge >= 0.3 is 0 Å². The number of hydrogen-bond acceptors (Lipinski definition) is 7. The third kappa shape index (κ3) is 5.93. The zero-order chi connectivity index (χ0) is 23.3. The molecule has 0 spiro atoms. The Morgan fingerprint density at radius 1 is 1.41 bits per heavy atom. The molecule has 0 saturated carbocycles. The highest BCUT2D eigenvalue weighted by Crippen LogP contribution is 2.33. The molecule has 0 bridgehead atoms. The molecule has 1 aliphatic heterocycles. The first-order valence-corrected chi connectivity index (χ1v) is 10.6. The van der Waals surface area contributed by atoms with Crippen LogP contribution in [0.15, 0.2) is 35.1 Å². The minimum absolute atomic E-state index is 0.142. The Hall–Kier alpha value is -3.22. The molecule has 2 aromatic rings. The van der Waals surface area contributed by atoms with Crippen LogP contribution in [0, 0.1) is 24.1 Å². The lowest BCUT2D eigenvalue weighted by Gasteiger charge is -2.31. The van der Waals surface area contributed by atoms with Crippen LogP contribution in [0.25, 0.3) is 0 Å². The highest BCUT2D eigenvalue weighted by Gasteiger charge is 2.23. The average Bonchev–Trinajstić information content (AvgIpc) is 2.73. The number of aryl methyl sites for hydroxylation is 1. The number of piperidine rings is 1. The maximum absolute atomic E-state index is 14.9. The van der Waals surface area contributed by atoms with Crippen LogP contribution in [0.2, 0.25) is 5.02 Å². The van der Waals surface area contributed by atoms with Gasteiger partial charge < -0.3 is 16.8 Å². The fourth-order valence-corrected chi connectivity index (χ4v) is 3.87. The molecule has 1 aliphatic rings. The van der Waals surface area contributed by atoms with E-state index in [0.717, 1.165) is 37.1 Å². The standard InChI is InChI=1S/C22H26ClFN8/c1-13-9-19(18(24)11-16(13)15-3-6-32(7-4-15)8-5-25)29-22-28-12-17(23)21(31-22)30-20(27)10-14(2)26/h9-12,15H,3-4,6-8,26H2,1-2H3,(H3,27,28,29,30,31)/b14-10-. The first kappa shape index (κ1) is 23.4. The highest BCUT2D eigenvalue weighted by atomic mass is 35.5. The summed E-state index contributed by atoms with van der Waals surface area (Å²) in [5.74, 6) is 0.309. The van der Waals surface area contributed by atoms with Gasteiger partial charge in [-0.3, -0.25) is 4.90 Å². The van der Waals surface area contributed by atoms with Crippen molar-refractivity contribution in [2.75, 3.05) is 25.0 Å². The lowest BCUT2D eigenvalue weighted by molar-refractivity contribution is 0.234. The predicted molar refractivity (Wildman–Crippen MR) is 125 cm³/mol. The third-order valence-corrected chi connectivity index (χ3v) is 5.53. The van der Waals surface area contributed by atoms with Crippen molar-refractivity contribution in [3.8, 4) is 6.07 Å². The summed E-state index contributed by atoms with van der Waals surface area (Å²) in [6, 6.07) is 5.51. The number of aromatic nitrogens is 2. The van der Waals surface area contributed by atoms with Crippen molar-refractivity contribution in [2.24, 2.45) is 16.5 Å². The topological polar surface area (TPSA) is 129 Å². The van der Waals surface area contributed by atoms with Crippen LogP contribution in [-0.2, 0) is 0 Å². The molecule has 0 atom stereocenters. The van der Waals surface area contributed by atoms with Crippen molar-refractivity contribution in [1.29, 1.82) is 5.26 Å². The molecule has 10 heteroatoms. The Kier molecular flexibility index (Phi) is 7.62. The minimum atomic E-state index is -0.394. The summed E-state index contributed by atoms with van der Waals surface area (Å²) in [6.07, 6.45) is 4.65. The number of allylic oxidation sites excluding steroid dienone is 1. The van der Waals surface area contributed by atoms with E-state index in [2.05, 4.69) is 31.2 Å². The van der Waals surface area contributed by atoms with Gasteiger partial charge in [-0.15, -0.1) is 0 Å². The third-order valence-electron chi connectivity index (χ3n) is 5.26. The fourth-order valence-electron chi connectivity index (χ4n) is 3.74. The Balaban J connectivity index is 1.79. The zero-order valence-electron chi connectivity index (χ0n) is 18.1. The van der Waals surface area contributed by atoms with E-state index in [0.29, 0.717) is 12.2 Å². The number of likely N-dealkylation sites (tertiary alicyclic amines) is 1. The first-order chi connectivity index (χ1) is 15.3. The van der Waals surface area contributed by atoms with Gasteiger partial charge in [0.15, 0.2) is 5.82 Å². The van der Waals surface area contributed by atoms with Crippen LogP contribution >= 0.6 is 11.6 Å². The predicted octanol–water partition coefficient (Wildman–Crippen LogP) is 3.88. The van der Waals surface area contributed by atoms with E-state index < -0.39 is 5.82 Å². The van der Waals surface area contributed by atoms with Gasteiger partial charge in [0, 0.05) is 5.70 Å². The monoisotopic (exact) mass is 456 g/mol. The number of amidine groups is 1. The Bertz CT molecular complexity index is 1080. The molecule has 0 aliphatic carbocycles. The molecular weight excluding hydrogens is 431 g/mol. The summed E-state index contributed by atoms with van der Waals surface area (Å²) in [4.78, 5) is 14.6. The summed E-state index contributed by atoms with van der Waals surface area (Å²) >= 11 is 6.11. The smallest absolute Gasteiger partial charge is 0.229 e. The van der Waals surface area contributed by atoms with Crippen molar-refractivity contribution >= 4 is 34.9 Å². The molecule has 5 N–H and O–H groups in total. The van der Waals surface area contributed by atoms with E-state index in [1.54, 1.807) is 19.1 Å². The van der Waals surface area contributed by atoms with Crippen LogP contribution in [0.3, 0.4) is 0 Å². The molecule has 0 radical (unpaired) electrons. The molecule has 3 rings (SSSR count). The molecule has 1 aromatic heterocycles. The summed E-state index contributed by atoms with van der Waals surface area (Å²) in [6.45, 7) is 5.75. The second-order valence-electron chi connectivity index (χ2n) is 7.81. The van der Waals surface area contributed by atoms with Gasteiger partial charge in [0.25, 0.3) is 0 Å². The normalized spacial score (nSPS) is 16.1. The molecule has 2 heterocycles. The molecule has 1 aromatic carbocycles. The van der Waals surface area contributed by atoms with Gasteiger partial charge in [-0.05, 0) is 75.0 Å². The van der Waals surface area contributed by atoms with Crippen LogP contribution in [-0.4, -0.2) is 40.3 Å². The lowest BCUT2D eigenvalue weighted by atomic mass is 9.86. The lowest BCUT2D eigenvalue weighted by Crippen LogP contribution is -2.33. The zero-order valence-corrected chi connectivity index (χ0v) is 18.8. The minimum Gasteiger partial charge on any atom is -0.402 e. The number of nitrogens with two attached hydrogens (primary N) is 2. The van der Waals surface area contributed by atoms with E-state index in [-0.39, 0.29) is 34.2 Å². The molecule has 168 valence electrons. The maximum Gasteiger partial charge on any atom is 0.229 e. The van der Waals surface area contributed by atoms with E-state index in [4.69, 9.17) is 28.3 Å². The Morgan fingerprint density at radius 3 is 2.78 bits per heavy atom. The largest absolute Gasteiger partial charge is 0.402 e. The van der Waals surface area contributed by atoms with Gasteiger partial charge in [0.05, 0.1) is 24.5 Å². The number of nitriles is 1. The molecule has 1 fully saturated rings. The number of nitrogens with zero attached hydrogens (tertiary/aromatic N) is 5. The van der Waals surface area contributed by atoms with E-state index in [1.165, 1.54) is 12.3 Å². The van der Waals surface area contributed by atoms with E-state index in [1.807, 2.05) is 6.92 Å². The quantitative estimate of drug-likeness (QED) is 0.341. The van der Waals surface area contributed by atoms with Gasteiger partial charge in [0.2, 0.25) is 5.95 Å². The van der Waals surface area contributed by atoms with Gasteiger partial charge in [-0.1, -0.05) is 11.6 Å². The summed E-state index contributed by atoms with van der Waals surface area (Å²) in [7, 11) is 0. The fraction of sp³-hybridized carbons (Fsp3) is 0.364. The molecule has 32 heavy (non-hydrogen) atoms. The van der Waals surface area contributed by atoms with Crippen LogP contribution < -0.4 is 16.8 Å². The summed E-state index contributed by atoms with van der Waals surface area (Å²) in [5.41, 5.74) is 14.1. The van der Waals surface area contributed by atoms with Crippen molar-refractivity contribution in [3.63, 3.8) is 0 Å². The van der Waals surface area contributed by atoms with Gasteiger partial charge in [-0.2, -0.15) is 10.2 Å². The number of anilines is 2. The molecule has 0 amide bonds. The van der Waals surface area contributed by atoms with Crippen molar-refractivity contribution in [3.05, 3.63) is 52.1 Å². The number of halogens is 2. The second kappa shape index (κ2) is 10.4. The number of rotatable bonds is 6. The van der Waals surface area contributed by atoms with Gasteiger partial charge in [-0.25, -0.2) is 14.4 Å². The number of nitrogens with one attached hydrogen (secondary N) is 1. The van der Waals surface area contributed by atoms with E-state index in [9.17, 15) is 4.39 Å². The average molecular weight is 457 g/mol. The van der Waals surface area contributed by atoms with Crippen LogP contribution in [0.1, 0.15) is 36.8 Å². The number of aliphatic imine (C=N–C) groups is 1. The summed E-state index contributed by atoms with van der Waals surface area (Å²) < 4.78 is 14.9. The Labute approximate surface area is 191 Å². The van der Waals surface area contributed by atoms with Gasteiger partial charge in [0.1, 0.15) is 16.7 Å². The van der Waals surface area contributed by atoms with Crippen molar-refractivity contribution in [1.82, 2.24) is 14.9 Å². The first-order valence-electron chi connectivity index (χ1n) is 10.2. The van der Waals surface area contributed by atoms with Crippen LogP contribution in [0.5, 0.6) is 0 Å². The van der Waals surface area contributed by atoms with Crippen LogP contribution in [0.4, 0.5) is 21.8 Å². The molecular formula is C22H26ClFN8. The maximum atomic E-state index is 14.9. The second-order valence-corrected chi connectivity index (χ2v) is 8.22. The molecule has 1 saturated heterocycles. The SMILES string of the molecule is C/C(N)=C/C(N)=Nc1nc(Nc2cc(C)c(C3CCN(CC#N)CC3)cc2F)ncc1Cl. The van der Waals surface area contributed by atoms with Crippen molar-refractivity contribution < 1.29 is 4.39 Å². The molecule has 0 unspecified atom stereocenters. The molecule has 8 nitrogen and oxygen atoms in total. The number of hydrogen-bond donors (Lipinski definition) is 3. The Morgan fingerprint density at radius 2 is 2.12 bits per heavy atom. The van der Waals surface area contributed by atoms with Crippen molar-refractivity contribution in [2.45, 2.75) is 32.6 Å². The number of benzene rings is 1. The summed E-state index contributed by atoms with van der Waals surface area (Å²) in [5, 5.41) is 12.0.